The maximum Gasteiger partial charge on any atom is 0.186 e. The average Bonchev–Trinajstić information content (AvgIpc) is 2.74. The minimum Gasteiger partial charge on any atom is -0.378 e. The van der Waals surface area contributed by atoms with E-state index in [1.165, 1.54) is 30.6 Å². The number of piperidine rings is 1. The molecule has 1 unspecified atom stereocenters. The minimum absolute atomic E-state index is 0.0791. The molecule has 1 aromatic heterocycles. The first kappa shape index (κ1) is 13.5. The summed E-state index contributed by atoms with van der Waals surface area (Å²) in [7, 11) is 1.63. The highest BCUT2D eigenvalue weighted by Gasteiger charge is 2.24. The predicted molar refractivity (Wildman–Crippen MR) is 73.5 cm³/mol. The summed E-state index contributed by atoms with van der Waals surface area (Å²) in [6.07, 6.45) is 3.70. The summed E-state index contributed by atoms with van der Waals surface area (Å²) in [6, 6.07) is 0.514. The molecule has 5 heteroatoms. The van der Waals surface area contributed by atoms with Crippen molar-refractivity contribution in [2.24, 2.45) is 0 Å². The number of carbonyl (C=O) groups is 1. The van der Waals surface area contributed by atoms with Gasteiger partial charge in [-0.2, -0.15) is 0 Å². The van der Waals surface area contributed by atoms with E-state index in [2.05, 4.69) is 16.8 Å². The molecule has 4 nitrogen and oxygen atoms in total. The molecule has 100 valence electrons. The summed E-state index contributed by atoms with van der Waals surface area (Å²) < 4.78 is 5.12. The zero-order valence-electron chi connectivity index (χ0n) is 11.2. The summed E-state index contributed by atoms with van der Waals surface area (Å²) in [4.78, 5) is 19.3. The van der Waals surface area contributed by atoms with Gasteiger partial charge in [0.15, 0.2) is 10.9 Å². The van der Waals surface area contributed by atoms with Gasteiger partial charge < -0.3 is 9.64 Å². The van der Waals surface area contributed by atoms with Crippen LogP contribution in [0.3, 0.4) is 0 Å². The number of hydrogen-bond acceptors (Lipinski definition) is 5. The third-order valence-electron chi connectivity index (χ3n) is 3.34. The predicted octanol–water partition coefficient (Wildman–Crippen LogP) is 2.87. The molecule has 0 saturated carbocycles. The molecule has 1 aliphatic heterocycles. The Balaban J connectivity index is 2.27. The fourth-order valence-electron chi connectivity index (χ4n) is 2.35. The normalized spacial score (nSPS) is 20.2. The van der Waals surface area contributed by atoms with Gasteiger partial charge in [0.2, 0.25) is 0 Å². The van der Waals surface area contributed by atoms with Crippen LogP contribution in [0.4, 0.5) is 5.13 Å². The van der Waals surface area contributed by atoms with Crippen LogP contribution >= 0.6 is 11.3 Å². The standard InChI is InChI=1S/C13H20N2O2S/c1-9-6-4-5-7-15(9)13-14-11(8-17-3)12(18-13)10(2)16/h9H,4-8H2,1-3H3. The lowest BCUT2D eigenvalue weighted by Crippen LogP contribution is -2.37. The number of rotatable bonds is 4. The smallest absolute Gasteiger partial charge is 0.186 e. The van der Waals surface area contributed by atoms with Gasteiger partial charge in [-0.25, -0.2) is 4.98 Å². The number of ketones is 1. The summed E-state index contributed by atoms with van der Waals surface area (Å²) in [6.45, 7) is 5.27. The first-order valence-electron chi connectivity index (χ1n) is 6.39. The van der Waals surface area contributed by atoms with Gasteiger partial charge >= 0.3 is 0 Å². The van der Waals surface area contributed by atoms with Gasteiger partial charge in [-0.3, -0.25) is 4.79 Å². The Kier molecular flexibility index (Phi) is 4.35. The number of anilines is 1. The van der Waals surface area contributed by atoms with Crippen LogP contribution in [0.25, 0.3) is 0 Å². The summed E-state index contributed by atoms with van der Waals surface area (Å²) in [5, 5.41) is 0.972. The van der Waals surface area contributed by atoms with Crippen LogP contribution in [0.2, 0.25) is 0 Å². The Labute approximate surface area is 112 Å². The van der Waals surface area contributed by atoms with Crippen molar-refractivity contribution in [3.05, 3.63) is 10.6 Å². The molecule has 0 bridgehead atoms. The lowest BCUT2D eigenvalue weighted by molar-refractivity contribution is 0.101. The molecule has 0 N–H and O–H groups in total. The number of hydrogen-bond donors (Lipinski definition) is 0. The van der Waals surface area contributed by atoms with Crippen LogP contribution in [0.5, 0.6) is 0 Å². The van der Waals surface area contributed by atoms with Crippen molar-refractivity contribution in [2.75, 3.05) is 18.6 Å². The maximum absolute atomic E-state index is 11.6. The van der Waals surface area contributed by atoms with Gasteiger partial charge in [0, 0.05) is 26.6 Å². The molecule has 2 rings (SSSR count). The number of Topliss-reactive ketones (excluding diaryl/α,β-unsaturated/α-hetero) is 1. The maximum atomic E-state index is 11.6. The number of methoxy groups -OCH3 is 1. The highest BCUT2D eigenvalue weighted by Crippen LogP contribution is 2.31. The molecular weight excluding hydrogens is 248 g/mol. The monoisotopic (exact) mass is 268 g/mol. The van der Waals surface area contributed by atoms with E-state index in [0.717, 1.165) is 22.2 Å². The van der Waals surface area contributed by atoms with Gasteiger partial charge in [0.05, 0.1) is 17.2 Å². The third kappa shape index (κ3) is 2.72. The molecular formula is C13H20N2O2S. The molecule has 1 fully saturated rings. The average molecular weight is 268 g/mol. The highest BCUT2D eigenvalue weighted by atomic mass is 32.1. The van der Waals surface area contributed by atoms with Crippen molar-refractivity contribution < 1.29 is 9.53 Å². The Bertz CT molecular complexity index is 431. The van der Waals surface area contributed by atoms with Gasteiger partial charge in [0.1, 0.15) is 0 Å². The molecule has 0 spiro atoms. The van der Waals surface area contributed by atoms with E-state index >= 15 is 0 Å². The second-order valence-electron chi connectivity index (χ2n) is 4.80. The number of carbonyl (C=O) groups excluding carboxylic acids is 1. The first-order valence-corrected chi connectivity index (χ1v) is 7.21. The molecule has 0 amide bonds. The van der Waals surface area contributed by atoms with Crippen LogP contribution in [-0.2, 0) is 11.3 Å². The number of ether oxygens (including phenoxy) is 1. The zero-order chi connectivity index (χ0) is 13.1. The lowest BCUT2D eigenvalue weighted by Gasteiger charge is -2.33. The van der Waals surface area contributed by atoms with E-state index in [0.29, 0.717) is 12.6 Å². The van der Waals surface area contributed by atoms with Gasteiger partial charge in [-0.1, -0.05) is 11.3 Å². The molecule has 2 heterocycles. The summed E-state index contributed by atoms with van der Waals surface area (Å²) >= 11 is 1.50. The third-order valence-corrected chi connectivity index (χ3v) is 4.57. The van der Waals surface area contributed by atoms with Crippen molar-refractivity contribution >= 4 is 22.3 Å². The molecule has 1 atom stereocenters. The number of thiazole rings is 1. The van der Waals surface area contributed by atoms with Crippen LogP contribution in [0.15, 0.2) is 0 Å². The zero-order valence-corrected chi connectivity index (χ0v) is 12.0. The van der Waals surface area contributed by atoms with Crippen LogP contribution in [-0.4, -0.2) is 30.5 Å². The van der Waals surface area contributed by atoms with Crippen molar-refractivity contribution in [2.45, 2.75) is 45.8 Å². The summed E-state index contributed by atoms with van der Waals surface area (Å²) in [5.41, 5.74) is 0.780. The number of aromatic nitrogens is 1. The second kappa shape index (κ2) is 5.80. The van der Waals surface area contributed by atoms with E-state index in [1.807, 2.05) is 0 Å². The molecule has 0 radical (unpaired) electrons. The number of nitrogens with zero attached hydrogens (tertiary/aromatic N) is 2. The van der Waals surface area contributed by atoms with Crippen LogP contribution in [0, 0.1) is 0 Å². The second-order valence-corrected chi connectivity index (χ2v) is 5.78. The van der Waals surface area contributed by atoms with Crippen molar-refractivity contribution in [3.8, 4) is 0 Å². The van der Waals surface area contributed by atoms with E-state index in [-0.39, 0.29) is 5.78 Å². The molecule has 0 aromatic carbocycles. The van der Waals surface area contributed by atoms with E-state index in [4.69, 9.17) is 4.74 Å². The Morgan fingerprint density at radius 1 is 1.56 bits per heavy atom. The van der Waals surface area contributed by atoms with Gasteiger partial charge in [-0.15, -0.1) is 0 Å². The van der Waals surface area contributed by atoms with Crippen molar-refractivity contribution in [1.29, 1.82) is 0 Å². The van der Waals surface area contributed by atoms with Crippen LogP contribution in [0.1, 0.15) is 48.5 Å². The Morgan fingerprint density at radius 3 is 2.94 bits per heavy atom. The molecule has 0 aliphatic carbocycles. The Hall–Kier alpha value is -0.940. The summed E-state index contributed by atoms with van der Waals surface area (Å²) in [5.74, 6) is 0.0791. The molecule has 1 aromatic rings. The quantitative estimate of drug-likeness (QED) is 0.787. The lowest BCUT2D eigenvalue weighted by atomic mass is 10.1. The fourth-order valence-corrected chi connectivity index (χ4v) is 3.45. The van der Waals surface area contributed by atoms with Gasteiger partial charge in [0.25, 0.3) is 0 Å². The topological polar surface area (TPSA) is 42.4 Å². The largest absolute Gasteiger partial charge is 0.378 e. The van der Waals surface area contributed by atoms with Crippen molar-refractivity contribution in [3.63, 3.8) is 0 Å². The fraction of sp³-hybridized carbons (Fsp3) is 0.692. The van der Waals surface area contributed by atoms with Gasteiger partial charge in [-0.05, 0) is 26.2 Å². The molecule has 18 heavy (non-hydrogen) atoms. The van der Waals surface area contributed by atoms with Crippen molar-refractivity contribution in [1.82, 2.24) is 4.98 Å². The SMILES string of the molecule is COCc1nc(N2CCCCC2C)sc1C(C)=O. The molecule has 1 aliphatic rings. The highest BCUT2D eigenvalue weighted by molar-refractivity contribution is 7.17. The van der Waals surface area contributed by atoms with Crippen LogP contribution < -0.4 is 4.90 Å². The van der Waals surface area contributed by atoms with E-state index < -0.39 is 0 Å². The minimum atomic E-state index is 0.0791. The van der Waals surface area contributed by atoms with E-state index in [9.17, 15) is 4.79 Å². The molecule has 1 saturated heterocycles. The van der Waals surface area contributed by atoms with E-state index in [1.54, 1.807) is 14.0 Å². The first-order chi connectivity index (χ1) is 8.63. The Morgan fingerprint density at radius 2 is 2.33 bits per heavy atom.